The van der Waals surface area contributed by atoms with Crippen molar-refractivity contribution in [3.8, 4) is 11.5 Å². The van der Waals surface area contributed by atoms with E-state index in [9.17, 15) is 14.4 Å². The lowest BCUT2D eigenvalue weighted by molar-refractivity contribution is -0.115. The summed E-state index contributed by atoms with van der Waals surface area (Å²) < 4.78 is 16.0. The van der Waals surface area contributed by atoms with Crippen molar-refractivity contribution in [1.29, 1.82) is 0 Å². The van der Waals surface area contributed by atoms with Crippen molar-refractivity contribution < 1.29 is 28.6 Å². The number of ether oxygens (including phenoxy) is 3. The summed E-state index contributed by atoms with van der Waals surface area (Å²) in [7, 11) is 3.06. The molecule has 0 radical (unpaired) electrons. The fraction of sp³-hybridized carbons (Fsp3) is 0.306. The number of carbonyl (C=O) groups excluding carboxylic acids is 3. The number of hydrogen-bond acceptors (Lipinski definition) is 9. The predicted octanol–water partition coefficient (Wildman–Crippen LogP) is 7.26. The summed E-state index contributed by atoms with van der Waals surface area (Å²) in [5.74, 6) is 0.100. The van der Waals surface area contributed by atoms with Gasteiger partial charge in [0.25, 0.3) is 5.91 Å². The zero-order valence-corrected chi connectivity index (χ0v) is 28.6. The third kappa shape index (κ3) is 8.34. The van der Waals surface area contributed by atoms with E-state index in [1.165, 1.54) is 42.9 Å². The first-order chi connectivity index (χ1) is 22.8. The van der Waals surface area contributed by atoms with Crippen LogP contribution >= 0.6 is 23.1 Å². The third-order valence-electron chi connectivity index (χ3n) is 7.78. The minimum Gasteiger partial charge on any atom is -0.493 e. The van der Waals surface area contributed by atoms with Crippen LogP contribution in [0, 0.1) is 0 Å². The number of anilines is 2. The lowest BCUT2D eigenvalue weighted by Crippen LogP contribution is -2.30. The Balaban J connectivity index is 1.28. The SMILES string of the molecule is CCOC(=O)c1c(NC(=O)C(CC)Sc2cccc(NC(=O)c3ccc(OC)c(OC)c3)c2)sc2c1CCN(Cc1ccccc1)C2. The molecule has 0 bridgehead atoms. The van der Waals surface area contributed by atoms with E-state index in [2.05, 4.69) is 27.7 Å². The molecule has 0 aliphatic carbocycles. The van der Waals surface area contributed by atoms with Crippen molar-refractivity contribution in [2.24, 2.45) is 0 Å². The van der Waals surface area contributed by atoms with Gasteiger partial charge in [0.05, 0.1) is 31.6 Å². The molecule has 11 heteroatoms. The third-order valence-corrected chi connectivity index (χ3v) is 10.3. The number of nitrogens with one attached hydrogen (secondary N) is 2. The number of methoxy groups -OCH3 is 2. The molecule has 1 aliphatic rings. The average Bonchev–Trinajstić information content (AvgIpc) is 3.44. The van der Waals surface area contributed by atoms with Gasteiger partial charge >= 0.3 is 5.97 Å². The number of benzene rings is 3. The van der Waals surface area contributed by atoms with E-state index >= 15 is 0 Å². The molecule has 1 unspecified atom stereocenters. The minimum absolute atomic E-state index is 0.192. The van der Waals surface area contributed by atoms with Crippen LogP contribution in [0.3, 0.4) is 0 Å². The van der Waals surface area contributed by atoms with Crippen molar-refractivity contribution in [3.63, 3.8) is 0 Å². The molecule has 0 fully saturated rings. The maximum absolute atomic E-state index is 13.7. The largest absolute Gasteiger partial charge is 0.493 e. The van der Waals surface area contributed by atoms with Crippen LogP contribution in [0.25, 0.3) is 0 Å². The number of carbonyl (C=O) groups is 3. The summed E-state index contributed by atoms with van der Waals surface area (Å²) in [6, 6.07) is 22.7. The predicted molar refractivity (Wildman–Crippen MR) is 187 cm³/mol. The first-order valence-electron chi connectivity index (χ1n) is 15.5. The van der Waals surface area contributed by atoms with E-state index in [-0.39, 0.29) is 18.4 Å². The van der Waals surface area contributed by atoms with Gasteiger partial charge in [0.2, 0.25) is 5.91 Å². The molecule has 0 saturated heterocycles. The summed E-state index contributed by atoms with van der Waals surface area (Å²) >= 11 is 2.86. The normalized spacial score (nSPS) is 13.3. The fourth-order valence-electron chi connectivity index (χ4n) is 5.45. The van der Waals surface area contributed by atoms with E-state index in [1.807, 2.05) is 43.3 Å². The molecule has 2 amide bonds. The highest BCUT2D eigenvalue weighted by atomic mass is 32.2. The summed E-state index contributed by atoms with van der Waals surface area (Å²) in [5, 5.41) is 6.10. The van der Waals surface area contributed by atoms with Gasteiger partial charge in [0.1, 0.15) is 5.00 Å². The summed E-state index contributed by atoms with van der Waals surface area (Å²) in [6.07, 6.45) is 1.26. The van der Waals surface area contributed by atoms with Crippen molar-refractivity contribution in [2.45, 2.75) is 49.9 Å². The molecular weight excluding hydrogens is 635 g/mol. The number of rotatable bonds is 13. The summed E-state index contributed by atoms with van der Waals surface area (Å²) in [5.41, 5.74) is 3.69. The Labute approximate surface area is 283 Å². The Morgan fingerprint density at radius 1 is 0.936 bits per heavy atom. The van der Waals surface area contributed by atoms with Crippen molar-refractivity contribution in [3.05, 3.63) is 99.9 Å². The zero-order valence-electron chi connectivity index (χ0n) is 27.0. The van der Waals surface area contributed by atoms with Gasteiger partial charge in [-0.15, -0.1) is 23.1 Å². The topological polar surface area (TPSA) is 106 Å². The van der Waals surface area contributed by atoms with Gasteiger partial charge in [-0.3, -0.25) is 14.5 Å². The Morgan fingerprint density at radius 3 is 2.45 bits per heavy atom. The molecule has 9 nitrogen and oxygen atoms in total. The van der Waals surface area contributed by atoms with Crippen LogP contribution in [0.15, 0.2) is 77.7 Å². The van der Waals surface area contributed by atoms with E-state index < -0.39 is 11.2 Å². The Morgan fingerprint density at radius 2 is 1.72 bits per heavy atom. The second-order valence-electron chi connectivity index (χ2n) is 10.9. The van der Waals surface area contributed by atoms with E-state index in [0.717, 1.165) is 28.4 Å². The molecule has 0 spiro atoms. The average molecular weight is 674 g/mol. The number of fused-ring (bicyclic) bond motifs is 1. The molecule has 2 N–H and O–H groups in total. The Kier molecular flexibility index (Phi) is 11.6. The fourth-order valence-corrected chi connectivity index (χ4v) is 7.74. The van der Waals surface area contributed by atoms with Crippen LogP contribution in [0.1, 0.15) is 57.0 Å². The number of hydrogen-bond donors (Lipinski definition) is 2. The Bertz CT molecular complexity index is 1730. The van der Waals surface area contributed by atoms with Crippen LogP contribution in [0.4, 0.5) is 10.7 Å². The molecule has 4 aromatic rings. The zero-order chi connectivity index (χ0) is 33.3. The molecule has 1 aliphatic heterocycles. The smallest absolute Gasteiger partial charge is 0.341 e. The van der Waals surface area contributed by atoms with Gasteiger partial charge in [-0.2, -0.15) is 0 Å². The molecule has 1 atom stereocenters. The van der Waals surface area contributed by atoms with Gasteiger partial charge < -0.3 is 24.8 Å². The lowest BCUT2D eigenvalue weighted by atomic mass is 10.0. The number of thiophene rings is 1. The molecule has 3 aromatic carbocycles. The minimum atomic E-state index is -0.435. The Hall–Kier alpha value is -4.32. The summed E-state index contributed by atoms with van der Waals surface area (Å²) in [4.78, 5) is 44.1. The second-order valence-corrected chi connectivity index (χ2v) is 13.3. The highest BCUT2D eigenvalue weighted by Crippen LogP contribution is 2.39. The van der Waals surface area contributed by atoms with Gasteiger partial charge in [0, 0.05) is 40.7 Å². The maximum atomic E-state index is 13.7. The van der Waals surface area contributed by atoms with Gasteiger partial charge in [-0.25, -0.2) is 4.79 Å². The van der Waals surface area contributed by atoms with Crippen LogP contribution in [0.5, 0.6) is 11.5 Å². The molecule has 5 rings (SSSR count). The quantitative estimate of drug-likeness (QED) is 0.113. The molecule has 246 valence electrons. The van der Waals surface area contributed by atoms with E-state index in [0.29, 0.717) is 52.7 Å². The van der Waals surface area contributed by atoms with Gasteiger partial charge in [-0.1, -0.05) is 43.3 Å². The second kappa shape index (κ2) is 16.0. The van der Waals surface area contributed by atoms with Gasteiger partial charge in [0.15, 0.2) is 11.5 Å². The number of thioether (sulfide) groups is 1. The van der Waals surface area contributed by atoms with Crippen LogP contribution in [-0.2, 0) is 29.0 Å². The highest BCUT2D eigenvalue weighted by molar-refractivity contribution is 8.00. The summed E-state index contributed by atoms with van der Waals surface area (Å²) in [6.45, 7) is 6.31. The van der Waals surface area contributed by atoms with E-state index in [4.69, 9.17) is 14.2 Å². The van der Waals surface area contributed by atoms with Crippen LogP contribution in [-0.4, -0.2) is 55.3 Å². The van der Waals surface area contributed by atoms with Gasteiger partial charge in [-0.05, 0) is 67.3 Å². The molecule has 0 saturated carbocycles. The van der Waals surface area contributed by atoms with Crippen molar-refractivity contribution in [2.75, 3.05) is 38.0 Å². The maximum Gasteiger partial charge on any atom is 0.341 e. The standard InChI is InChI=1S/C36H39N3O6S2/c1-5-30(46-26-14-10-13-25(20-26)37-33(40)24-15-16-28(43-3)29(19-24)44-4)34(41)38-35-32(36(42)45-6-2)27-17-18-39(22-31(27)47-35)21-23-11-8-7-9-12-23/h7-16,19-20,30H,5-6,17-18,21-22H2,1-4H3,(H,37,40)(H,38,41). The molecule has 1 aromatic heterocycles. The first-order valence-corrected chi connectivity index (χ1v) is 17.2. The van der Waals surface area contributed by atoms with Crippen LogP contribution in [0.2, 0.25) is 0 Å². The monoisotopic (exact) mass is 673 g/mol. The number of nitrogens with zero attached hydrogens (tertiary/aromatic N) is 1. The molecule has 2 heterocycles. The number of amides is 2. The molecule has 47 heavy (non-hydrogen) atoms. The number of esters is 1. The molecular formula is C36H39N3O6S2. The first kappa shape index (κ1) is 34.0. The van der Waals surface area contributed by atoms with Crippen molar-refractivity contribution in [1.82, 2.24) is 4.90 Å². The highest BCUT2D eigenvalue weighted by Gasteiger charge is 2.31. The lowest BCUT2D eigenvalue weighted by Gasteiger charge is -2.27. The van der Waals surface area contributed by atoms with E-state index in [1.54, 1.807) is 31.2 Å². The van der Waals surface area contributed by atoms with Crippen LogP contribution < -0.4 is 20.1 Å². The van der Waals surface area contributed by atoms with Crippen molar-refractivity contribution >= 4 is 51.6 Å².